The maximum Gasteiger partial charge on any atom is 0.344 e. The van der Waals surface area contributed by atoms with Crippen molar-refractivity contribution < 1.29 is 14.4 Å². The summed E-state index contributed by atoms with van der Waals surface area (Å²) < 4.78 is 0. The molecule has 0 saturated carbocycles. The van der Waals surface area contributed by atoms with Crippen molar-refractivity contribution in [2.45, 2.75) is 40.0 Å². The predicted octanol–water partition coefficient (Wildman–Crippen LogP) is 1.28. The fourth-order valence-corrected chi connectivity index (χ4v) is 1.43. The second-order valence-corrected chi connectivity index (χ2v) is 5.01. The largest absolute Gasteiger partial charge is 0.361 e. The Bertz CT molecular complexity index is 446. The Morgan fingerprint density at radius 2 is 2.10 bits per heavy atom. The molecule has 2 N–H and O–H groups in total. The highest BCUT2D eigenvalue weighted by Crippen LogP contribution is 2.10. The van der Waals surface area contributed by atoms with Crippen LogP contribution in [0.4, 0.5) is 0 Å². The lowest BCUT2D eigenvalue weighted by Gasteiger charge is -2.06. The summed E-state index contributed by atoms with van der Waals surface area (Å²) in [5, 5.41) is 6.03. The van der Waals surface area contributed by atoms with Gasteiger partial charge in [-0.25, -0.2) is 5.43 Å². The lowest BCUT2D eigenvalue weighted by atomic mass is 10.0. The summed E-state index contributed by atoms with van der Waals surface area (Å²) in [6.07, 6.45) is 7.42. The molecule has 0 spiro atoms. The first-order valence-electron chi connectivity index (χ1n) is 6.84. The highest BCUT2D eigenvalue weighted by Gasteiger charge is 2.04. The average molecular weight is 293 g/mol. The summed E-state index contributed by atoms with van der Waals surface area (Å²) in [6.45, 7) is 6.05. The Kier molecular flexibility index (Phi) is 10.3. The van der Waals surface area contributed by atoms with Crippen LogP contribution in [0.1, 0.15) is 40.0 Å². The Hall–Kier alpha value is -2.27. The number of carbonyl (C=O) groups is 2. The third-order valence-corrected chi connectivity index (χ3v) is 2.60. The molecule has 0 aliphatic heterocycles. The molecule has 0 saturated heterocycles. The molecule has 2 amide bonds. The van der Waals surface area contributed by atoms with Crippen molar-refractivity contribution in [2.75, 3.05) is 6.54 Å². The quantitative estimate of drug-likeness (QED) is 0.220. The van der Waals surface area contributed by atoms with Crippen molar-refractivity contribution in [1.82, 2.24) is 10.7 Å². The van der Waals surface area contributed by atoms with Crippen LogP contribution in [-0.2, 0) is 9.59 Å². The minimum atomic E-state index is -0.649. The maximum atomic E-state index is 11.3. The van der Waals surface area contributed by atoms with Gasteiger partial charge in [0.05, 0.1) is 6.54 Å². The Morgan fingerprint density at radius 3 is 2.71 bits per heavy atom. The minimum absolute atomic E-state index is 0.224. The van der Waals surface area contributed by atoms with Gasteiger partial charge in [0, 0.05) is 6.21 Å². The Labute approximate surface area is 125 Å². The van der Waals surface area contributed by atoms with E-state index in [0.29, 0.717) is 12.1 Å². The number of nitrogens with one attached hydrogen (secondary N) is 2. The van der Waals surface area contributed by atoms with Crippen molar-refractivity contribution >= 4 is 24.2 Å². The summed E-state index contributed by atoms with van der Waals surface area (Å²) in [5.41, 5.74) is 11.7. The van der Waals surface area contributed by atoms with E-state index in [1.165, 1.54) is 5.57 Å². The summed E-state index contributed by atoms with van der Waals surface area (Å²) in [4.78, 5) is 24.7. The van der Waals surface area contributed by atoms with E-state index in [1.54, 1.807) is 6.21 Å². The fourth-order valence-electron chi connectivity index (χ4n) is 1.43. The number of rotatable bonds is 9. The van der Waals surface area contributed by atoms with E-state index >= 15 is 0 Å². The van der Waals surface area contributed by atoms with Gasteiger partial charge in [0.1, 0.15) is 0 Å². The lowest BCUT2D eigenvalue weighted by Crippen LogP contribution is -2.35. The first kappa shape index (κ1) is 18.7. The number of nitrogens with zero attached hydrogens (tertiary/aromatic N) is 3. The smallest absolute Gasteiger partial charge is 0.344 e. The van der Waals surface area contributed by atoms with Crippen LogP contribution >= 0.6 is 0 Å². The van der Waals surface area contributed by atoms with Crippen LogP contribution in [0.25, 0.3) is 5.53 Å². The van der Waals surface area contributed by atoms with Crippen molar-refractivity contribution in [3.63, 3.8) is 0 Å². The maximum absolute atomic E-state index is 11.3. The molecule has 0 aromatic rings. The van der Waals surface area contributed by atoms with Crippen molar-refractivity contribution in [1.29, 1.82) is 0 Å². The Morgan fingerprint density at radius 1 is 1.38 bits per heavy atom. The highest BCUT2D eigenvalue weighted by atomic mass is 16.2. The highest BCUT2D eigenvalue weighted by molar-refractivity contribution is 6.24. The zero-order chi connectivity index (χ0) is 16.1. The number of hydrazone groups is 1. The molecule has 0 fully saturated rings. The van der Waals surface area contributed by atoms with Crippen molar-refractivity contribution in [3.8, 4) is 0 Å². The normalized spacial score (nSPS) is 11.4. The summed E-state index contributed by atoms with van der Waals surface area (Å²) in [6, 6.07) is 0. The molecule has 116 valence electrons. The van der Waals surface area contributed by atoms with Gasteiger partial charge in [-0.1, -0.05) is 18.6 Å². The van der Waals surface area contributed by atoms with Gasteiger partial charge in [-0.15, -0.1) is 0 Å². The summed E-state index contributed by atoms with van der Waals surface area (Å²) in [5.74, 6) is -0.602. The van der Waals surface area contributed by atoms with Gasteiger partial charge in [-0.3, -0.25) is 9.59 Å². The number of hydrogen-bond acceptors (Lipinski definition) is 3. The van der Waals surface area contributed by atoms with Gasteiger partial charge in [-0.2, -0.15) is 9.89 Å². The van der Waals surface area contributed by atoms with Crippen molar-refractivity contribution in [2.24, 2.45) is 11.0 Å². The second kappa shape index (κ2) is 11.5. The number of amides is 2. The molecule has 1 atom stereocenters. The molecule has 0 aromatic carbocycles. The fraction of sp³-hybridized carbons (Fsp3) is 0.571. The number of hydrogen-bond donors (Lipinski definition) is 2. The van der Waals surface area contributed by atoms with Crippen LogP contribution in [0.3, 0.4) is 0 Å². The molecule has 0 aliphatic rings. The van der Waals surface area contributed by atoms with Gasteiger partial charge in [0.25, 0.3) is 5.91 Å². The van der Waals surface area contributed by atoms with Gasteiger partial charge < -0.3 is 10.8 Å². The first-order chi connectivity index (χ1) is 9.95. The van der Waals surface area contributed by atoms with Gasteiger partial charge >= 0.3 is 12.1 Å². The molecule has 0 heterocycles. The van der Waals surface area contributed by atoms with E-state index in [0.717, 1.165) is 19.3 Å². The minimum Gasteiger partial charge on any atom is -0.361 e. The molecular formula is C14H23N5O2. The van der Waals surface area contributed by atoms with Gasteiger partial charge in [0.2, 0.25) is 0 Å². The molecule has 7 nitrogen and oxygen atoms in total. The molecule has 0 rings (SSSR count). The topological polar surface area (TPSA) is 107 Å². The third kappa shape index (κ3) is 12.5. The van der Waals surface area contributed by atoms with Crippen LogP contribution in [-0.4, -0.2) is 35.6 Å². The predicted molar refractivity (Wildman–Crippen MR) is 81.8 cm³/mol. The second-order valence-electron chi connectivity index (χ2n) is 5.01. The molecular weight excluding hydrogens is 270 g/mol. The molecule has 7 heteroatoms. The number of allylic oxidation sites excluding steroid dienone is 2. The van der Waals surface area contributed by atoms with Crippen LogP contribution < -0.4 is 10.7 Å². The summed E-state index contributed by atoms with van der Waals surface area (Å²) >= 11 is 0. The SMILES string of the molecule is CC(C)=CCCC(C)CC=NNC(=O)CNC(=O)C=[N+]=[N-]. The molecule has 1 unspecified atom stereocenters. The average Bonchev–Trinajstić information content (AvgIpc) is 2.41. The Balaban J connectivity index is 3.79. The van der Waals surface area contributed by atoms with E-state index in [-0.39, 0.29) is 6.54 Å². The zero-order valence-electron chi connectivity index (χ0n) is 12.8. The van der Waals surface area contributed by atoms with E-state index in [1.807, 2.05) is 0 Å². The monoisotopic (exact) mass is 293 g/mol. The van der Waals surface area contributed by atoms with Crippen LogP contribution in [0.15, 0.2) is 16.8 Å². The molecule has 0 bridgehead atoms. The van der Waals surface area contributed by atoms with Crippen LogP contribution in [0, 0.1) is 5.92 Å². The van der Waals surface area contributed by atoms with Gasteiger partial charge in [0.15, 0.2) is 0 Å². The van der Waals surface area contributed by atoms with Crippen LogP contribution in [0.5, 0.6) is 0 Å². The van der Waals surface area contributed by atoms with E-state index in [9.17, 15) is 9.59 Å². The van der Waals surface area contributed by atoms with Crippen LogP contribution in [0.2, 0.25) is 0 Å². The van der Waals surface area contributed by atoms with Gasteiger partial charge in [-0.05, 0) is 39.0 Å². The third-order valence-electron chi connectivity index (χ3n) is 2.60. The lowest BCUT2D eigenvalue weighted by molar-refractivity contribution is -0.124. The summed E-state index contributed by atoms with van der Waals surface area (Å²) in [7, 11) is 0. The first-order valence-corrected chi connectivity index (χ1v) is 6.84. The van der Waals surface area contributed by atoms with E-state index < -0.39 is 11.8 Å². The zero-order valence-corrected chi connectivity index (χ0v) is 12.8. The molecule has 0 aliphatic carbocycles. The molecule has 0 aromatic heterocycles. The van der Waals surface area contributed by atoms with E-state index in [4.69, 9.17) is 5.53 Å². The van der Waals surface area contributed by atoms with E-state index in [2.05, 4.69) is 47.5 Å². The standard InChI is InChI=1S/C14H23N5O2/c1-11(2)5-4-6-12(3)7-8-18-19-14(21)9-16-13(20)10-17-15/h5,8,10,12H,4,6-7,9H2,1-3H3,(H,16,20)(H,19,21). The molecule has 0 radical (unpaired) electrons. The molecule has 21 heavy (non-hydrogen) atoms. The number of carbonyl (C=O) groups excluding carboxylic acids is 2. The van der Waals surface area contributed by atoms with Crippen molar-refractivity contribution in [3.05, 3.63) is 17.2 Å².